The molecule has 2 aromatic heterocycles. The highest BCUT2D eigenvalue weighted by atomic mass is 19.3. The lowest BCUT2D eigenvalue weighted by Gasteiger charge is -2.32. The minimum atomic E-state index is -2.58. The second-order valence-corrected chi connectivity index (χ2v) is 6.28. The first-order valence-electron chi connectivity index (χ1n) is 6.82. The van der Waals surface area contributed by atoms with Crippen molar-refractivity contribution in [3.63, 3.8) is 0 Å². The van der Waals surface area contributed by atoms with Gasteiger partial charge in [-0.05, 0) is 45.3 Å². The first kappa shape index (κ1) is 14.5. The summed E-state index contributed by atoms with van der Waals surface area (Å²) < 4.78 is 38.8. The Morgan fingerprint density at radius 3 is 2.38 bits per heavy atom. The first-order chi connectivity index (χ1) is 9.69. The Bertz CT molecular complexity index is 669. The van der Waals surface area contributed by atoms with Crippen molar-refractivity contribution < 1.29 is 18.1 Å². The van der Waals surface area contributed by atoms with Crippen molar-refractivity contribution in [2.75, 3.05) is 0 Å². The number of aromatic nitrogens is 2. The number of hydrogen-bond donors (Lipinski definition) is 0. The van der Waals surface area contributed by atoms with Crippen molar-refractivity contribution in [2.24, 2.45) is 0 Å². The van der Waals surface area contributed by atoms with Crippen LogP contribution >= 0.6 is 0 Å². The summed E-state index contributed by atoms with van der Waals surface area (Å²) in [7, 11) is -0.522. The van der Waals surface area contributed by atoms with Crippen LogP contribution in [-0.2, 0) is 9.31 Å². The van der Waals surface area contributed by atoms with E-state index in [9.17, 15) is 8.78 Å². The molecule has 3 heterocycles. The van der Waals surface area contributed by atoms with Gasteiger partial charge >= 0.3 is 7.12 Å². The number of halogens is 2. The van der Waals surface area contributed by atoms with Gasteiger partial charge < -0.3 is 13.7 Å². The number of hydrogen-bond acceptors (Lipinski definition) is 3. The van der Waals surface area contributed by atoms with Gasteiger partial charge in [0.2, 0.25) is 0 Å². The van der Waals surface area contributed by atoms with E-state index in [1.165, 1.54) is 6.20 Å². The number of alkyl halides is 2. The van der Waals surface area contributed by atoms with Gasteiger partial charge in [0.25, 0.3) is 6.43 Å². The van der Waals surface area contributed by atoms with Gasteiger partial charge in [-0.15, -0.1) is 0 Å². The lowest BCUT2D eigenvalue weighted by molar-refractivity contribution is 0.00578. The Kier molecular flexibility index (Phi) is 3.11. The summed E-state index contributed by atoms with van der Waals surface area (Å²) in [6.45, 7) is 7.87. The largest absolute Gasteiger partial charge is 0.495 e. The van der Waals surface area contributed by atoms with Crippen molar-refractivity contribution in [1.82, 2.24) is 9.38 Å². The highest BCUT2D eigenvalue weighted by Gasteiger charge is 2.51. The molecule has 0 atom stereocenters. The van der Waals surface area contributed by atoms with Crippen LogP contribution < -0.4 is 5.46 Å². The number of rotatable bonds is 2. The molecule has 0 aromatic carbocycles. The van der Waals surface area contributed by atoms with Gasteiger partial charge in [0.15, 0.2) is 0 Å². The Morgan fingerprint density at radius 1 is 1.19 bits per heavy atom. The third-order valence-electron chi connectivity index (χ3n) is 4.25. The molecule has 0 aliphatic carbocycles. The van der Waals surface area contributed by atoms with E-state index >= 15 is 0 Å². The van der Waals surface area contributed by atoms with Crippen LogP contribution in [0.15, 0.2) is 24.5 Å². The molecule has 0 unspecified atom stereocenters. The fourth-order valence-corrected chi connectivity index (χ4v) is 2.25. The zero-order chi connectivity index (χ0) is 15.4. The molecule has 0 amide bonds. The fourth-order valence-electron chi connectivity index (χ4n) is 2.25. The maximum atomic E-state index is 12.7. The Balaban J connectivity index is 1.95. The standard InChI is InChI=1S/C14H17BF2N2O2/c1-13(2)14(3,4)21-15(20-13)9-5-6-19-8-10(12(16)17)18-11(19)7-9/h5-8,12H,1-4H3. The van der Waals surface area contributed by atoms with E-state index in [0.717, 1.165) is 5.46 Å². The SMILES string of the molecule is CC1(C)OB(c2ccn3cc(C(F)F)nc3c2)OC1(C)C. The number of nitrogens with zero attached hydrogens (tertiary/aromatic N) is 2. The van der Waals surface area contributed by atoms with E-state index in [4.69, 9.17) is 9.31 Å². The zero-order valence-electron chi connectivity index (χ0n) is 12.4. The second kappa shape index (κ2) is 4.51. The summed E-state index contributed by atoms with van der Waals surface area (Å²) >= 11 is 0. The summed E-state index contributed by atoms with van der Waals surface area (Å²) in [6, 6.07) is 3.51. The van der Waals surface area contributed by atoms with Crippen LogP contribution in [0.25, 0.3) is 5.65 Å². The topological polar surface area (TPSA) is 35.8 Å². The second-order valence-electron chi connectivity index (χ2n) is 6.28. The summed E-state index contributed by atoms with van der Waals surface area (Å²) in [5, 5.41) is 0. The third-order valence-corrected chi connectivity index (χ3v) is 4.25. The van der Waals surface area contributed by atoms with Crippen molar-refractivity contribution in [3.05, 3.63) is 30.2 Å². The Labute approximate surface area is 122 Å². The van der Waals surface area contributed by atoms with Crippen LogP contribution in [0.2, 0.25) is 0 Å². The molecule has 0 bridgehead atoms. The van der Waals surface area contributed by atoms with Gasteiger partial charge in [-0.3, -0.25) is 0 Å². The van der Waals surface area contributed by atoms with Gasteiger partial charge in [0.1, 0.15) is 11.3 Å². The molecule has 1 aliphatic rings. The van der Waals surface area contributed by atoms with Gasteiger partial charge in [0.05, 0.1) is 11.2 Å². The molecule has 2 aromatic rings. The van der Waals surface area contributed by atoms with Gasteiger partial charge in [0, 0.05) is 12.4 Å². The molecule has 3 rings (SSSR count). The van der Waals surface area contributed by atoms with E-state index in [1.807, 2.05) is 27.7 Å². The van der Waals surface area contributed by atoms with Gasteiger partial charge in [-0.2, -0.15) is 0 Å². The average Bonchev–Trinajstić information content (AvgIpc) is 2.88. The molecule has 112 valence electrons. The molecule has 4 nitrogen and oxygen atoms in total. The quantitative estimate of drug-likeness (QED) is 0.799. The van der Waals surface area contributed by atoms with E-state index in [0.29, 0.717) is 5.65 Å². The molecule has 1 fully saturated rings. The summed E-state index contributed by atoms with van der Waals surface area (Å²) in [4.78, 5) is 3.92. The maximum Gasteiger partial charge on any atom is 0.495 e. The Morgan fingerprint density at radius 2 is 1.81 bits per heavy atom. The third kappa shape index (κ3) is 2.34. The first-order valence-corrected chi connectivity index (χ1v) is 6.82. The van der Waals surface area contributed by atoms with E-state index in [1.54, 1.807) is 22.7 Å². The van der Waals surface area contributed by atoms with Gasteiger partial charge in [-0.1, -0.05) is 0 Å². The molecule has 1 aliphatic heterocycles. The molecule has 0 radical (unpaired) electrons. The highest BCUT2D eigenvalue weighted by molar-refractivity contribution is 6.62. The predicted octanol–water partition coefficient (Wildman–Crippen LogP) is 2.57. The van der Waals surface area contributed by atoms with Crippen LogP contribution in [0.4, 0.5) is 8.78 Å². The molecule has 0 saturated carbocycles. The van der Waals surface area contributed by atoms with E-state index in [2.05, 4.69) is 4.98 Å². The normalized spacial score (nSPS) is 20.6. The van der Waals surface area contributed by atoms with Crippen LogP contribution in [0.1, 0.15) is 39.8 Å². The molecule has 21 heavy (non-hydrogen) atoms. The minimum Gasteiger partial charge on any atom is -0.399 e. The predicted molar refractivity (Wildman–Crippen MR) is 75.9 cm³/mol. The van der Waals surface area contributed by atoms with E-state index < -0.39 is 24.7 Å². The van der Waals surface area contributed by atoms with Crippen molar-refractivity contribution in [2.45, 2.75) is 45.3 Å². The van der Waals surface area contributed by atoms with E-state index in [-0.39, 0.29) is 5.69 Å². The molecular weight excluding hydrogens is 277 g/mol. The van der Waals surface area contributed by atoms with Crippen LogP contribution in [0.5, 0.6) is 0 Å². The zero-order valence-corrected chi connectivity index (χ0v) is 12.4. The van der Waals surface area contributed by atoms with Crippen molar-refractivity contribution >= 4 is 18.2 Å². The molecule has 0 spiro atoms. The number of imidazole rings is 1. The van der Waals surface area contributed by atoms with Crippen LogP contribution in [0.3, 0.4) is 0 Å². The van der Waals surface area contributed by atoms with Gasteiger partial charge in [-0.25, -0.2) is 13.8 Å². The average molecular weight is 294 g/mol. The number of pyridine rings is 1. The highest BCUT2D eigenvalue weighted by Crippen LogP contribution is 2.36. The fraction of sp³-hybridized carbons (Fsp3) is 0.500. The van der Waals surface area contributed by atoms with Crippen molar-refractivity contribution in [3.8, 4) is 0 Å². The Hall–Kier alpha value is -1.47. The van der Waals surface area contributed by atoms with Crippen LogP contribution in [-0.4, -0.2) is 27.7 Å². The minimum absolute atomic E-state index is 0.235. The maximum absolute atomic E-state index is 12.7. The van der Waals surface area contributed by atoms with Crippen molar-refractivity contribution in [1.29, 1.82) is 0 Å². The molecule has 1 saturated heterocycles. The lowest BCUT2D eigenvalue weighted by Crippen LogP contribution is -2.41. The molecular formula is C14H17BF2N2O2. The summed E-state index contributed by atoms with van der Waals surface area (Å²) in [5.74, 6) is 0. The van der Waals surface area contributed by atoms with Crippen LogP contribution in [0, 0.1) is 0 Å². The summed E-state index contributed by atoms with van der Waals surface area (Å²) in [5.41, 5.74) is 0.117. The lowest BCUT2D eigenvalue weighted by atomic mass is 9.80. The molecule has 0 N–H and O–H groups in total. The summed E-state index contributed by atoms with van der Waals surface area (Å²) in [6.07, 6.45) is 0.438. The monoisotopic (exact) mass is 294 g/mol. The molecule has 7 heteroatoms. The number of fused-ring (bicyclic) bond motifs is 1. The smallest absolute Gasteiger partial charge is 0.399 e.